The van der Waals surface area contributed by atoms with Gasteiger partial charge in [0.05, 0.1) is 26.4 Å². The van der Waals surface area contributed by atoms with Crippen LogP contribution in [0.15, 0.2) is 25.3 Å². The van der Waals surface area contributed by atoms with Crippen molar-refractivity contribution in [3.8, 4) is 0 Å². The minimum absolute atomic E-state index is 0.0278. The van der Waals surface area contributed by atoms with Gasteiger partial charge in [-0.25, -0.2) is 0 Å². The van der Waals surface area contributed by atoms with E-state index < -0.39 is 0 Å². The lowest BCUT2D eigenvalue weighted by Crippen LogP contribution is -2.20. The van der Waals surface area contributed by atoms with Gasteiger partial charge in [-0.15, -0.1) is 0 Å². The van der Waals surface area contributed by atoms with Gasteiger partial charge in [0.2, 0.25) is 11.8 Å². The van der Waals surface area contributed by atoms with Crippen LogP contribution in [0.25, 0.3) is 0 Å². The van der Waals surface area contributed by atoms with Crippen LogP contribution in [0, 0.1) is 0 Å². The third-order valence-corrected chi connectivity index (χ3v) is 1.76. The number of amides is 2. The number of ether oxygens (including phenoxy) is 2. The molecule has 0 aliphatic carbocycles. The van der Waals surface area contributed by atoms with Crippen LogP contribution < -0.4 is 10.6 Å². The molecule has 156 valence electrons. The summed E-state index contributed by atoms with van der Waals surface area (Å²) in [5.74, 6) is -0.718. The number of carbonyl (C=O) groups excluding carboxylic acids is 2. The van der Waals surface area contributed by atoms with Crippen LogP contribution in [0.5, 0.6) is 0 Å². The van der Waals surface area contributed by atoms with Gasteiger partial charge in [-0.1, -0.05) is 13.2 Å². The maximum absolute atomic E-state index is 10.0. The van der Waals surface area contributed by atoms with Crippen molar-refractivity contribution < 1.29 is 39.5 Å². The second kappa shape index (κ2) is 34.5. The minimum Gasteiger partial charge on any atom is -0.394 e. The van der Waals surface area contributed by atoms with Gasteiger partial charge in [-0.2, -0.15) is 0 Å². The van der Waals surface area contributed by atoms with Crippen molar-refractivity contribution in [3.05, 3.63) is 25.3 Å². The van der Waals surface area contributed by atoms with E-state index in [-0.39, 0.29) is 38.5 Å². The van der Waals surface area contributed by atoms with E-state index in [9.17, 15) is 9.59 Å². The van der Waals surface area contributed by atoms with Gasteiger partial charge < -0.3 is 40.5 Å². The quantitative estimate of drug-likeness (QED) is 0.151. The number of carbonyl (C=O) groups is 2. The Morgan fingerprint density at radius 3 is 1.27 bits per heavy atom. The largest absolute Gasteiger partial charge is 0.394 e. The number of hydrogen-bond acceptors (Lipinski definition) is 8. The molecule has 0 saturated heterocycles. The molecule has 0 aromatic rings. The zero-order valence-corrected chi connectivity index (χ0v) is 15.6. The molecule has 26 heavy (non-hydrogen) atoms. The van der Waals surface area contributed by atoms with E-state index in [2.05, 4.69) is 28.5 Å². The first-order chi connectivity index (χ1) is 12.4. The molecule has 10 heteroatoms. The average molecular weight is 382 g/mol. The second-order valence-corrected chi connectivity index (χ2v) is 3.65. The number of rotatable bonds is 10. The van der Waals surface area contributed by atoms with Crippen LogP contribution in [0.4, 0.5) is 0 Å². The summed E-state index contributed by atoms with van der Waals surface area (Å²) >= 11 is 0. The summed E-state index contributed by atoms with van der Waals surface area (Å²) < 4.78 is 9.47. The first kappa shape index (κ1) is 31.9. The fourth-order valence-corrected chi connectivity index (χ4v) is 0.735. The van der Waals surface area contributed by atoms with Gasteiger partial charge in [0.25, 0.3) is 0 Å². The lowest BCUT2D eigenvalue weighted by Gasteiger charge is -1.94. The molecule has 0 aliphatic rings. The topological polar surface area (TPSA) is 158 Å². The first-order valence-electron chi connectivity index (χ1n) is 7.84. The third-order valence-electron chi connectivity index (χ3n) is 1.76. The van der Waals surface area contributed by atoms with Crippen molar-refractivity contribution in [2.45, 2.75) is 13.8 Å². The molecule has 0 aromatic carbocycles. The molecule has 0 unspecified atom stereocenters. The fourth-order valence-electron chi connectivity index (χ4n) is 0.735. The maximum atomic E-state index is 10.0. The number of hydrogen-bond donors (Lipinski definition) is 6. The van der Waals surface area contributed by atoms with Gasteiger partial charge in [0.1, 0.15) is 13.5 Å². The van der Waals surface area contributed by atoms with Crippen molar-refractivity contribution in [3.63, 3.8) is 0 Å². The standard InChI is InChI=1S/2C4H7NO2.C4H10O3.C4H10O/c2*1-2-4(7)5-3-6;5-1-3-7-4-2-6;1-3-5-4-2/h2*2,6H,1,3H2,(H,5,7);5-6H,1-4H2;3-4H2,1-2H3. The molecule has 0 saturated carbocycles. The Morgan fingerprint density at radius 2 is 1.15 bits per heavy atom. The van der Waals surface area contributed by atoms with E-state index in [4.69, 9.17) is 25.2 Å². The lowest BCUT2D eigenvalue weighted by atomic mass is 10.6. The fraction of sp³-hybridized carbons (Fsp3) is 0.625. The molecule has 0 radical (unpaired) electrons. The van der Waals surface area contributed by atoms with Crippen molar-refractivity contribution in [2.75, 3.05) is 53.1 Å². The third kappa shape index (κ3) is 49.5. The molecule has 10 nitrogen and oxygen atoms in total. The normalized spacial score (nSPS) is 8.23. The monoisotopic (exact) mass is 382 g/mol. The Morgan fingerprint density at radius 1 is 0.808 bits per heavy atom. The van der Waals surface area contributed by atoms with Crippen LogP contribution in [0.2, 0.25) is 0 Å². The first-order valence-corrected chi connectivity index (χ1v) is 7.84. The zero-order chi connectivity index (χ0) is 21.1. The summed E-state index contributed by atoms with van der Waals surface area (Å²) in [5.41, 5.74) is 0. The molecule has 0 spiro atoms. The molecule has 0 fully saturated rings. The molecule has 0 aromatic heterocycles. The number of aliphatic hydroxyl groups excluding tert-OH is 4. The Labute approximate surface area is 155 Å². The average Bonchev–Trinajstić information content (AvgIpc) is 2.65. The Kier molecular flexibility index (Phi) is 42.3. The SMILES string of the molecule is C=CC(=O)NCO.C=CC(=O)NCO.CCOCC.OCCOCCO. The number of nitrogens with one attached hydrogen (secondary N) is 2. The lowest BCUT2D eigenvalue weighted by molar-refractivity contribution is -0.118. The zero-order valence-electron chi connectivity index (χ0n) is 15.6. The van der Waals surface area contributed by atoms with E-state index in [0.717, 1.165) is 25.4 Å². The summed E-state index contributed by atoms with van der Waals surface area (Å²) in [6.45, 7) is 12.0. The Balaban J connectivity index is -0.000000125. The highest BCUT2D eigenvalue weighted by Gasteiger charge is 1.85. The van der Waals surface area contributed by atoms with Crippen molar-refractivity contribution in [1.82, 2.24) is 10.6 Å². The molecule has 0 atom stereocenters. The highest BCUT2D eigenvalue weighted by Crippen LogP contribution is 1.68. The Bertz CT molecular complexity index is 287. The van der Waals surface area contributed by atoms with Crippen LogP contribution in [0.3, 0.4) is 0 Å². The highest BCUT2D eigenvalue weighted by molar-refractivity contribution is 5.86. The van der Waals surface area contributed by atoms with Gasteiger partial charge in [-0.3, -0.25) is 9.59 Å². The summed E-state index contributed by atoms with van der Waals surface area (Å²) in [6, 6.07) is 0. The van der Waals surface area contributed by atoms with E-state index in [1.807, 2.05) is 13.8 Å². The van der Waals surface area contributed by atoms with Crippen LogP contribution >= 0.6 is 0 Å². The summed E-state index contributed by atoms with van der Waals surface area (Å²) in [5, 5.41) is 36.3. The highest BCUT2D eigenvalue weighted by atomic mass is 16.5. The van der Waals surface area contributed by atoms with Gasteiger partial charge in [-0.05, 0) is 26.0 Å². The minimum atomic E-state index is -0.359. The van der Waals surface area contributed by atoms with Gasteiger partial charge in [0, 0.05) is 13.2 Å². The molecule has 6 N–H and O–H groups in total. The molecule has 0 bridgehead atoms. The van der Waals surface area contributed by atoms with E-state index in [1.54, 1.807) is 0 Å². The van der Waals surface area contributed by atoms with Gasteiger partial charge >= 0.3 is 0 Å². The molecule has 0 aliphatic heterocycles. The second-order valence-electron chi connectivity index (χ2n) is 3.65. The number of aliphatic hydroxyl groups is 4. The van der Waals surface area contributed by atoms with Gasteiger partial charge in [0.15, 0.2) is 0 Å². The summed E-state index contributed by atoms with van der Waals surface area (Å²) in [6.07, 6.45) is 2.19. The van der Waals surface area contributed by atoms with Crippen molar-refractivity contribution >= 4 is 11.8 Å². The molecule has 2 amide bonds. The molecule has 0 rings (SSSR count). The molecular weight excluding hydrogens is 348 g/mol. The predicted octanol–water partition coefficient (Wildman–Crippen LogP) is -1.49. The smallest absolute Gasteiger partial charge is 0.245 e. The van der Waals surface area contributed by atoms with Crippen molar-refractivity contribution in [1.29, 1.82) is 0 Å². The van der Waals surface area contributed by atoms with Crippen LogP contribution in [-0.2, 0) is 19.1 Å². The van der Waals surface area contributed by atoms with Crippen molar-refractivity contribution in [2.24, 2.45) is 0 Å². The predicted molar refractivity (Wildman–Crippen MR) is 98.0 cm³/mol. The summed E-state index contributed by atoms with van der Waals surface area (Å²) in [4.78, 5) is 20.0. The van der Waals surface area contributed by atoms with Crippen LogP contribution in [0.1, 0.15) is 13.8 Å². The van der Waals surface area contributed by atoms with E-state index in [1.165, 1.54) is 0 Å². The van der Waals surface area contributed by atoms with E-state index >= 15 is 0 Å². The van der Waals surface area contributed by atoms with E-state index in [0.29, 0.717) is 13.2 Å². The molecule has 0 heterocycles. The van der Waals surface area contributed by atoms with Crippen LogP contribution in [-0.4, -0.2) is 85.3 Å². The molecular formula is C16H34N2O8. The maximum Gasteiger partial charge on any atom is 0.245 e. The summed E-state index contributed by atoms with van der Waals surface area (Å²) in [7, 11) is 0. The Hall–Kier alpha value is -1.82.